The molecule has 0 spiro atoms. The maximum atomic E-state index is 6.24. The van der Waals surface area contributed by atoms with Crippen LogP contribution in [0.5, 0.6) is 0 Å². The Morgan fingerprint density at radius 3 is 2.82 bits per heavy atom. The standard InChI is InChI=1S/C13H12ClNOS/c14-11-3-4-17-13(11)12(15)8-1-2-9-6-16-7-10(9)5-8/h1-5,12H,6-7,15H2. The summed E-state index contributed by atoms with van der Waals surface area (Å²) in [5.41, 5.74) is 9.84. The molecule has 0 fully saturated rings. The lowest BCUT2D eigenvalue weighted by Crippen LogP contribution is -2.11. The number of fused-ring (bicyclic) bond motifs is 1. The number of hydrogen-bond acceptors (Lipinski definition) is 3. The summed E-state index contributed by atoms with van der Waals surface area (Å²) in [5, 5.41) is 2.72. The normalized spacial score (nSPS) is 15.9. The van der Waals surface area contributed by atoms with Gasteiger partial charge in [0.15, 0.2) is 0 Å². The largest absolute Gasteiger partial charge is 0.372 e. The van der Waals surface area contributed by atoms with Crippen LogP contribution in [0.3, 0.4) is 0 Å². The lowest BCUT2D eigenvalue weighted by atomic mass is 10.0. The van der Waals surface area contributed by atoms with Gasteiger partial charge in [-0.05, 0) is 28.1 Å². The zero-order valence-corrected chi connectivity index (χ0v) is 10.7. The van der Waals surface area contributed by atoms with Gasteiger partial charge in [0.05, 0.1) is 24.3 Å². The van der Waals surface area contributed by atoms with Gasteiger partial charge in [-0.25, -0.2) is 0 Å². The summed E-state index contributed by atoms with van der Waals surface area (Å²) >= 11 is 7.71. The molecule has 88 valence electrons. The first-order chi connectivity index (χ1) is 8.25. The molecule has 3 rings (SSSR count). The van der Waals surface area contributed by atoms with Gasteiger partial charge in [0.2, 0.25) is 0 Å². The summed E-state index contributed by atoms with van der Waals surface area (Å²) in [6, 6.07) is 8.03. The Morgan fingerprint density at radius 1 is 1.24 bits per heavy atom. The van der Waals surface area contributed by atoms with Crippen LogP contribution in [0.4, 0.5) is 0 Å². The smallest absolute Gasteiger partial charge is 0.0725 e. The van der Waals surface area contributed by atoms with Crippen molar-refractivity contribution in [3.05, 3.63) is 56.2 Å². The van der Waals surface area contributed by atoms with Gasteiger partial charge in [-0.1, -0.05) is 29.8 Å². The highest BCUT2D eigenvalue weighted by atomic mass is 35.5. The molecule has 1 atom stereocenters. The number of nitrogens with two attached hydrogens (primary N) is 1. The Balaban J connectivity index is 1.97. The van der Waals surface area contributed by atoms with Crippen LogP contribution in [0.25, 0.3) is 0 Å². The van der Waals surface area contributed by atoms with E-state index in [1.807, 2.05) is 11.4 Å². The fourth-order valence-electron chi connectivity index (χ4n) is 2.06. The summed E-state index contributed by atoms with van der Waals surface area (Å²) in [6.07, 6.45) is 0. The molecule has 0 saturated carbocycles. The van der Waals surface area contributed by atoms with Gasteiger partial charge in [-0.15, -0.1) is 11.3 Å². The number of ether oxygens (including phenoxy) is 1. The second-order valence-electron chi connectivity index (χ2n) is 4.13. The average molecular weight is 266 g/mol. The van der Waals surface area contributed by atoms with E-state index in [4.69, 9.17) is 22.1 Å². The zero-order chi connectivity index (χ0) is 11.8. The predicted octanol–water partition coefficient (Wildman–Crippen LogP) is 3.48. The molecule has 17 heavy (non-hydrogen) atoms. The van der Waals surface area contributed by atoms with Crippen molar-refractivity contribution in [2.45, 2.75) is 19.3 Å². The van der Waals surface area contributed by atoms with E-state index >= 15 is 0 Å². The topological polar surface area (TPSA) is 35.2 Å². The number of rotatable bonds is 2. The highest BCUT2D eigenvalue weighted by Crippen LogP contribution is 2.32. The summed E-state index contributed by atoms with van der Waals surface area (Å²) < 4.78 is 5.40. The molecule has 2 heterocycles. The Hall–Kier alpha value is -0.870. The van der Waals surface area contributed by atoms with Crippen LogP contribution < -0.4 is 5.73 Å². The van der Waals surface area contributed by atoms with Crippen molar-refractivity contribution in [2.75, 3.05) is 0 Å². The summed E-state index contributed by atoms with van der Waals surface area (Å²) in [7, 11) is 0. The minimum absolute atomic E-state index is 0.145. The number of hydrogen-bond donors (Lipinski definition) is 1. The molecule has 2 nitrogen and oxygen atoms in total. The highest BCUT2D eigenvalue weighted by Gasteiger charge is 2.17. The van der Waals surface area contributed by atoms with Crippen LogP contribution in [0, 0.1) is 0 Å². The monoisotopic (exact) mass is 265 g/mol. The van der Waals surface area contributed by atoms with E-state index in [1.54, 1.807) is 11.3 Å². The molecule has 1 aromatic carbocycles. The van der Waals surface area contributed by atoms with Gasteiger partial charge in [-0.3, -0.25) is 0 Å². The van der Waals surface area contributed by atoms with Crippen LogP contribution in [-0.2, 0) is 18.0 Å². The Labute approximate surface area is 109 Å². The lowest BCUT2D eigenvalue weighted by Gasteiger charge is -2.12. The molecular formula is C13H12ClNOS. The van der Waals surface area contributed by atoms with Gasteiger partial charge in [0.25, 0.3) is 0 Å². The molecule has 0 amide bonds. The maximum absolute atomic E-state index is 6.24. The minimum Gasteiger partial charge on any atom is -0.372 e. The zero-order valence-electron chi connectivity index (χ0n) is 9.15. The highest BCUT2D eigenvalue weighted by molar-refractivity contribution is 7.10. The van der Waals surface area contributed by atoms with E-state index in [0.717, 1.165) is 15.5 Å². The first-order valence-corrected chi connectivity index (χ1v) is 6.69. The third-order valence-electron chi connectivity index (χ3n) is 3.03. The predicted molar refractivity (Wildman–Crippen MR) is 70.3 cm³/mol. The summed E-state index contributed by atoms with van der Waals surface area (Å²) in [4.78, 5) is 1.02. The molecule has 0 saturated heterocycles. The lowest BCUT2D eigenvalue weighted by molar-refractivity contribution is 0.134. The minimum atomic E-state index is -0.145. The Kier molecular flexibility index (Phi) is 2.92. The van der Waals surface area contributed by atoms with Crippen LogP contribution in [0.1, 0.15) is 27.6 Å². The Bertz CT molecular complexity index is 552. The van der Waals surface area contributed by atoms with Crippen LogP contribution >= 0.6 is 22.9 Å². The molecule has 1 unspecified atom stereocenters. The van der Waals surface area contributed by atoms with Gasteiger partial charge in [0, 0.05) is 4.88 Å². The fraction of sp³-hybridized carbons (Fsp3) is 0.231. The average Bonchev–Trinajstić information content (AvgIpc) is 2.95. The van der Waals surface area contributed by atoms with Crippen molar-refractivity contribution in [2.24, 2.45) is 5.73 Å². The number of halogens is 1. The van der Waals surface area contributed by atoms with Crippen molar-refractivity contribution in [3.8, 4) is 0 Å². The van der Waals surface area contributed by atoms with Gasteiger partial charge >= 0.3 is 0 Å². The first-order valence-electron chi connectivity index (χ1n) is 5.43. The van der Waals surface area contributed by atoms with Crippen molar-refractivity contribution in [1.82, 2.24) is 0 Å². The van der Waals surface area contributed by atoms with E-state index in [9.17, 15) is 0 Å². The van der Waals surface area contributed by atoms with Crippen LogP contribution in [-0.4, -0.2) is 0 Å². The molecule has 1 aromatic heterocycles. The molecule has 0 bridgehead atoms. The molecule has 4 heteroatoms. The van der Waals surface area contributed by atoms with Crippen molar-refractivity contribution < 1.29 is 4.74 Å². The molecule has 2 N–H and O–H groups in total. The molecule has 1 aliphatic rings. The van der Waals surface area contributed by atoms with E-state index in [0.29, 0.717) is 13.2 Å². The second-order valence-corrected chi connectivity index (χ2v) is 5.49. The van der Waals surface area contributed by atoms with Crippen LogP contribution in [0.15, 0.2) is 29.6 Å². The van der Waals surface area contributed by atoms with E-state index in [2.05, 4.69) is 18.2 Å². The SMILES string of the molecule is NC(c1ccc2c(c1)COC2)c1sccc1Cl. The molecule has 0 aliphatic carbocycles. The first kappa shape index (κ1) is 11.2. The number of thiophene rings is 1. The van der Waals surface area contributed by atoms with Crippen molar-refractivity contribution in [3.63, 3.8) is 0 Å². The van der Waals surface area contributed by atoms with E-state index in [-0.39, 0.29) is 6.04 Å². The molecule has 1 aliphatic heterocycles. The number of benzene rings is 1. The molecular weight excluding hydrogens is 254 g/mol. The third-order valence-corrected chi connectivity index (χ3v) is 4.47. The maximum Gasteiger partial charge on any atom is 0.0725 e. The van der Waals surface area contributed by atoms with E-state index < -0.39 is 0 Å². The molecule has 2 aromatic rings. The Morgan fingerprint density at radius 2 is 2.06 bits per heavy atom. The van der Waals surface area contributed by atoms with Gasteiger partial charge in [0.1, 0.15) is 0 Å². The molecule has 0 radical (unpaired) electrons. The third kappa shape index (κ3) is 2.00. The van der Waals surface area contributed by atoms with Crippen molar-refractivity contribution >= 4 is 22.9 Å². The van der Waals surface area contributed by atoms with Crippen LogP contribution in [0.2, 0.25) is 5.02 Å². The van der Waals surface area contributed by atoms with Gasteiger partial charge in [-0.2, -0.15) is 0 Å². The van der Waals surface area contributed by atoms with Gasteiger partial charge < -0.3 is 10.5 Å². The summed E-state index contributed by atoms with van der Waals surface area (Å²) in [6.45, 7) is 1.40. The summed E-state index contributed by atoms with van der Waals surface area (Å²) in [5.74, 6) is 0. The second kappa shape index (κ2) is 4.42. The van der Waals surface area contributed by atoms with Crippen molar-refractivity contribution in [1.29, 1.82) is 0 Å². The van der Waals surface area contributed by atoms with E-state index in [1.165, 1.54) is 11.1 Å². The fourth-order valence-corrected chi connectivity index (χ4v) is 3.27. The quantitative estimate of drug-likeness (QED) is 0.902.